The van der Waals surface area contributed by atoms with Crippen LogP contribution >= 0.6 is 27.7 Å². The molecule has 22 heavy (non-hydrogen) atoms. The van der Waals surface area contributed by atoms with E-state index in [2.05, 4.69) is 38.2 Å². The highest BCUT2D eigenvalue weighted by molar-refractivity contribution is 9.10. The van der Waals surface area contributed by atoms with Crippen molar-refractivity contribution in [3.8, 4) is 5.75 Å². The van der Waals surface area contributed by atoms with Gasteiger partial charge in [0.1, 0.15) is 5.75 Å². The van der Waals surface area contributed by atoms with Gasteiger partial charge in [-0.3, -0.25) is 0 Å². The summed E-state index contributed by atoms with van der Waals surface area (Å²) in [4.78, 5) is 0. The normalized spacial score (nSPS) is 11.3. The summed E-state index contributed by atoms with van der Waals surface area (Å²) in [6.07, 6.45) is 5.54. The van der Waals surface area contributed by atoms with Crippen LogP contribution in [0, 0.1) is 0 Å². The Morgan fingerprint density at radius 3 is 2.82 bits per heavy atom. The molecule has 0 bridgehead atoms. The Morgan fingerprint density at radius 1 is 1.36 bits per heavy atom. The summed E-state index contributed by atoms with van der Waals surface area (Å²) < 4.78 is 8.35. The summed E-state index contributed by atoms with van der Waals surface area (Å²) in [6, 6.07) is 5.92. The van der Waals surface area contributed by atoms with E-state index >= 15 is 0 Å². The Kier molecular flexibility index (Phi) is 6.45. The van der Waals surface area contributed by atoms with E-state index < -0.39 is 0 Å². The lowest BCUT2D eigenvalue weighted by molar-refractivity contribution is 0.315. The maximum Gasteiger partial charge on any atom is 0.211 e. The minimum absolute atomic E-state index is 0.712. The lowest BCUT2D eigenvalue weighted by Gasteiger charge is -2.07. The summed E-state index contributed by atoms with van der Waals surface area (Å²) in [6.45, 7) is 4.84. The highest BCUT2D eigenvalue weighted by atomic mass is 79.9. The van der Waals surface area contributed by atoms with Crippen LogP contribution in [0.4, 0.5) is 0 Å². The van der Waals surface area contributed by atoms with Crippen LogP contribution < -0.4 is 4.74 Å². The van der Waals surface area contributed by atoms with Gasteiger partial charge in [-0.15, -0.1) is 10.2 Å². The Bertz CT molecular complexity index is 635. The highest BCUT2D eigenvalue weighted by Crippen LogP contribution is 2.25. The van der Waals surface area contributed by atoms with Crippen molar-refractivity contribution < 1.29 is 4.74 Å². The average molecular weight is 383 g/mol. The molecule has 1 aromatic heterocycles. The molecule has 0 atom stereocenters. The number of hydrogen-bond acceptors (Lipinski definition) is 5. The van der Waals surface area contributed by atoms with E-state index in [1.54, 1.807) is 10.9 Å². The van der Waals surface area contributed by atoms with Crippen molar-refractivity contribution in [3.05, 3.63) is 34.1 Å². The fourth-order valence-corrected chi connectivity index (χ4v) is 2.77. The molecule has 0 aliphatic rings. The van der Waals surface area contributed by atoms with Gasteiger partial charge in [-0.1, -0.05) is 25.6 Å². The quantitative estimate of drug-likeness (QED) is 0.536. The highest BCUT2D eigenvalue weighted by Gasteiger charge is 2.08. The molecule has 5 nitrogen and oxygen atoms in total. The van der Waals surface area contributed by atoms with E-state index in [0.717, 1.165) is 39.6 Å². The molecular formula is C15H19BrN4OS. The molecule has 0 saturated heterocycles. The third-order valence-electron chi connectivity index (χ3n) is 2.92. The predicted molar refractivity (Wildman–Crippen MR) is 94.1 cm³/mol. The van der Waals surface area contributed by atoms with Crippen molar-refractivity contribution in [2.75, 3.05) is 12.9 Å². The minimum atomic E-state index is 0.712. The molecule has 0 aliphatic heterocycles. The van der Waals surface area contributed by atoms with Gasteiger partial charge in [0, 0.05) is 6.42 Å². The van der Waals surface area contributed by atoms with Crippen LogP contribution in [0.2, 0.25) is 0 Å². The first kappa shape index (κ1) is 17.0. The largest absolute Gasteiger partial charge is 0.492 e. The summed E-state index contributed by atoms with van der Waals surface area (Å²) >= 11 is 5.06. The minimum Gasteiger partial charge on any atom is -0.492 e. The van der Waals surface area contributed by atoms with E-state index in [-0.39, 0.29) is 0 Å². The Labute approximate surface area is 143 Å². The summed E-state index contributed by atoms with van der Waals surface area (Å²) in [5.41, 5.74) is 0.985. The van der Waals surface area contributed by atoms with Crippen molar-refractivity contribution in [1.29, 1.82) is 0 Å². The maximum atomic E-state index is 5.64. The van der Waals surface area contributed by atoms with Crippen LogP contribution in [-0.4, -0.2) is 34.0 Å². The van der Waals surface area contributed by atoms with E-state index in [4.69, 9.17) is 4.74 Å². The second-order valence-electron chi connectivity index (χ2n) is 4.55. The third-order valence-corrected chi connectivity index (χ3v) is 4.15. The molecule has 7 heteroatoms. The second kappa shape index (κ2) is 8.33. The predicted octanol–water partition coefficient (Wildman–Crippen LogP) is 4.00. The fourth-order valence-electron chi connectivity index (χ4n) is 1.81. The number of halogens is 1. The molecule has 118 valence electrons. The van der Waals surface area contributed by atoms with Crippen LogP contribution in [0.1, 0.15) is 31.7 Å². The van der Waals surface area contributed by atoms with Gasteiger partial charge in [0.05, 0.1) is 17.3 Å². The fraction of sp³-hybridized carbons (Fsp3) is 0.400. The van der Waals surface area contributed by atoms with Gasteiger partial charge in [-0.25, -0.2) is 0 Å². The topological polar surface area (TPSA) is 52.3 Å². The number of nitrogens with zero attached hydrogens (tertiary/aromatic N) is 4. The zero-order valence-electron chi connectivity index (χ0n) is 12.9. The van der Waals surface area contributed by atoms with Crippen LogP contribution in [0.5, 0.6) is 5.75 Å². The van der Waals surface area contributed by atoms with Crippen LogP contribution in [0.25, 0.3) is 0 Å². The number of ether oxygens (including phenoxy) is 1. The molecule has 0 unspecified atom stereocenters. The molecule has 0 radical (unpaired) electrons. The first-order chi connectivity index (χ1) is 10.7. The van der Waals surface area contributed by atoms with Crippen molar-refractivity contribution >= 4 is 33.9 Å². The average Bonchev–Trinajstić information content (AvgIpc) is 2.94. The SMILES string of the molecule is CCCOc1ccc(/C=N\n2c(CC)nnc2SC)cc1Br. The van der Waals surface area contributed by atoms with Crippen molar-refractivity contribution in [2.24, 2.45) is 5.10 Å². The number of hydrogen-bond donors (Lipinski definition) is 0. The molecule has 2 aromatic rings. The molecule has 0 spiro atoms. The first-order valence-electron chi connectivity index (χ1n) is 7.14. The van der Waals surface area contributed by atoms with E-state index in [1.165, 1.54) is 11.8 Å². The van der Waals surface area contributed by atoms with Gasteiger partial charge >= 0.3 is 0 Å². The zero-order valence-corrected chi connectivity index (χ0v) is 15.3. The van der Waals surface area contributed by atoms with Gasteiger partial charge in [0.2, 0.25) is 5.16 Å². The molecule has 2 rings (SSSR count). The molecule has 0 N–H and O–H groups in total. The lowest BCUT2D eigenvalue weighted by atomic mass is 10.2. The van der Waals surface area contributed by atoms with Gasteiger partial charge in [0.15, 0.2) is 5.82 Å². The third kappa shape index (κ3) is 4.10. The summed E-state index contributed by atoms with van der Waals surface area (Å²) in [5.74, 6) is 1.70. The lowest BCUT2D eigenvalue weighted by Crippen LogP contribution is -1.99. The van der Waals surface area contributed by atoms with Crippen molar-refractivity contribution in [2.45, 2.75) is 31.8 Å². The van der Waals surface area contributed by atoms with Gasteiger partial charge in [-0.2, -0.15) is 9.78 Å². The number of thioether (sulfide) groups is 1. The smallest absolute Gasteiger partial charge is 0.211 e. The molecule has 1 aromatic carbocycles. The second-order valence-corrected chi connectivity index (χ2v) is 6.18. The van der Waals surface area contributed by atoms with E-state index in [0.29, 0.717) is 6.61 Å². The monoisotopic (exact) mass is 382 g/mol. The Hall–Kier alpha value is -1.34. The van der Waals surface area contributed by atoms with Crippen LogP contribution in [-0.2, 0) is 6.42 Å². The van der Waals surface area contributed by atoms with Gasteiger partial charge in [-0.05, 0) is 52.4 Å². The van der Waals surface area contributed by atoms with Gasteiger partial charge in [0.25, 0.3) is 0 Å². The molecule has 0 saturated carbocycles. The molecular weight excluding hydrogens is 364 g/mol. The standard InChI is InChI=1S/C15H19BrN4OS/c1-4-8-21-13-7-6-11(9-12(13)16)10-17-20-14(5-2)18-19-15(20)22-3/h6-7,9-10H,4-5,8H2,1-3H3/b17-10-. The Morgan fingerprint density at radius 2 is 2.18 bits per heavy atom. The van der Waals surface area contributed by atoms with Crippen molar-refractivity contribution in [3.63, 3.8) is 0 Å². The zero-order chi connectivity index (χ0) is 15.9. The van der Waals surface area contributed by atoms with Gasteiger partial charge < -0.3 is 4.74 Å². The maximum absolute atomic E-state index is 5.64. The molecule has 1 heterocycles. The van der Waals surface area contributed by atoms with Crippen LogP contribution in [0.3, 0.4) is 0 Å². The number of aromatic nitrogens is 3. The number of rotatable bonds is 7. The number of aryl methyl sites for hydroxylation is 1. The van der Waals surface area contributed by atoms with E-state index in [1.807, 2.05) is 31.4 Å². The van der Waals surface area contributed by atoms with Crippen LogP contribution in [0.15, 0.2) is 32.9 Å². The molecule has 0 aliphatic carbocycles. The molecule has 0 fully saturated rings. The Balaban J connectivity index is 2.20. The number of benzene rings is 1. The van der Waals surface area contributed by atoms with Crippen molar-refractivity contribution in [1.82, 2.24) is 14.9 Å². The summed E-state index contributed by atoms with van der Waals surface area (Å²) in [5, 5.41) is 13.5. The molecule has 0 amide bonds. The summed E-state index contributed by atoms with van der Waals surface area (Å²) in [7, 11) is 0. The first-order valence-corrected chi connectivity index (χ1v) is 9.16. The van der Waals surface area contributed by atoms with E-state index in [9.17, 15) is 0 Å².